The molecule has 1 aliphatic rings. The Kier molecular flexibility index (Phi) is 4.07. The summed E-state index contributed by atoms with van der Waals surface area (Å²) in [6.45, 7) is 6.01. The molecule has 4 heteroatoms. The fourth-order valence-corrected chi connectivity index (χ4v) is 2.93. The second-order valence-electron chi connectivity index (χ2n) is 6.21. The van der Waals surface area contributed by atoms with Crippen LogP contribution in [0.1, 0.15) is 41.4 Å². The van der Waals surface area contributed by atoms with E-state index < -0.39 is 0 Å². The number of aromatic nitrogens is 1. The zero-order chi connectivity index (χ0) is 16.6. The van der Waals surface area contributed by atoms with Gasteiger partial charge in [0.2, 0.25) is 5.91 Å². The van der Waals surface area contributed by atoms with Gasteiger partial charge in [-0.05, 0) is 69.0 Å². The Labute approximate surface area is 135 Å². The van der Waals surface area contributed by atoms with Gasteiger partial charge in [-0.15, -0.1) is 0 Å². The molecule has 0 radical (unpaired) electrons. The minimum Gasteiger partial charge on any atom is -0.346 e. The Hall–Kier alpha value is -2.36. The molecule has 0 aliphatic heterocycles. The summed E-state index contributed by atoms with van der Waals surface area (Å²) < 4.78 is 15.6. The van der Waals surface area contributed by atoms with Gasteiger partial charge in [-0.2, -0.15) is 0 Å². The van der Waals surface area contributed by atoms with E-state index in [0.717, 1.165) is 11.1 Å². The van der Waals surface area contributed by atoms with Crippen molar-refractivity contribution in [1.29, 1.82) is 0 Å². The molecule has 3 nitrogen and oxygen atoms in total. The molecule has 1 aromatic carbocycles. The van der Waals surface area contributed by atoms with Crippen molar-refractivity contribution in [2.45, 2.75) is 39.7 Å². The average Bonchev–Trinajstić information content (AvgIpc) is 3.27. The second-order valence-corrected chi connectivity index (χ2v) is 6.21. The highest BCUT2D eigenvalue weighted by molar-refractivity contribution is 6.02. The van der Waals surface area contributed by atoms with E-state index in [0.29, 0.717) is 11.7 Å². The zero-order valence-corrected chi connectivity index (χ0v) is 13.7. The number of nitrogens with one attached hydrogen (secondary N) is 1. The fourth-order valence-electron chi connectivity index (χ4n) is 2.93. The van der Waals surface area contributed by atoms with Crippen LogP contribution in [0.3, 0.4) is 0 Å². The second kappa shape index (κ2) is 6.03. The van der Waals surface area contributed by atoms with E-state index in [2.05, 4.69) is 29.8 Å². The molecule has 0 saturated heterocycles. The summed E-state index contributed by atoms with van der Waals surface area (Å²) >= 11 is 0. The molecule has 2 aromatic rings. The molecule has 0 atom stereocenters. The SMILES string of the molecule is Cc1ccc(F)cc1NC(=O)/C=C/c1cc(C)n(C2CC2)c1C. The summed E-state index contributed by atoms with van der Waals surface area (Å²) in [5.74, 6) is -0.613. The van der Waals surface area contributed by atoms with Crippen molar-refractivity contribution in [1.82, 2.24) is 4.57 Å². The highest BCUT2D eigenvalue weighted by atomic mass is 19.1. The molecule has 0 spiro atoms. The van der Waals surface area contributed by atoms with Gasteiger partial charge in [0.05, 0.1) is 0 Å². The number of amides is 1. The van der Waals surface area contributed by atoms with Crippen molar-refractivity contribution < 1.29 is 9.18 Å². The van der Waals surface area contributed by atoms with Crippen molar-refractivity contribution in [2.75, 3.05) is 5.32 Å². The van der Waals surface area contributed by atoms with E-state index in [1.54, 1.807) is 6.07 Å². The molecule has 3 rings (SSSR count). The lowest BCUT2D eigenvalue weighted by Crippen LogP contribution is -2.09. The van der Waals surface area contributed by atoms with Gasteiger partial charge in [-0.25, -0.2) is 4.39 Å². The summed E-state index contributed by atoms with van der Waals surface area (Å²) in [5.41, 5.74) is 4.81. The first-order chi connectivity index (χ1) is 11.0. The van der Waals surface area contributed by atoms with Gasteiger partial charge in [0, 0.05) is 29.2 Å². The molecule has 1 N–H and O–H groups in total. The Bertz CT molecular complexity index is 785. The number of anilines is 1. The molecule has 1 aromatic heterocycles. The third kappa shape index (κ3) is 3.36. The molecule has 23 heavy (non-hydrogen) atoms. The number of rotatable bonds is 4. The third-order valence-electron chi connectivity index (χ3n) is 4.31. The molecule has 1 fully saturated rings. The normalized spacial score (nSPS) is 14.4. The zero-order valence-electron chi connectivity index (χ0n) is 13.7. The van der Waals surface area contributed by atoms with E-state index >= 15 is 0 Å². The van der Waals surface area contributed by atoms with Gasteiger partial charge in [-0.3, -0.25) is 4.79 Å². The fraction of sp³-hybridized carbons (Fsp3) is 0.316. The predicted molar refractivity (Wildman–Crippen MR) is 91.0 cm³/mol. The molecule has 0 bridgehead atoms. The van der Waals surface area contributed by atoms with Gasteiger partial charge < -0.3 is 9.88 Å². The molecule has 120 valence electrons. The van der Waals surface area contributed by atoms with Crippen LogP contribution in [-0.2, 0) is 4.79 Å². The first-order valence-electron chi connectivity index (χ1n) is 7.89. The van der Waals surface area contributed by atoms with Crippen molar-refractivity contribution in [3.05, 3.63) is 58.7 Å². The number of benzene rings is 1. The van der Waals surface area contributed by atoms with Crippen LogP contribution in [0.4, 0.5) is 10.1 Å². The topological polar surface area (TPSA) is 34.0 Å². The lowest BCUT2D eigenvalue weighted by molar-refractivity contribution is -0.111. The van der Waals surface area contributed by atoms with Crippen LogP contribution >= 0.6 is 0 Å². The largest absolute Gasteiger partial charge is 0.346 e. The minimum atomic E-state index is -0.358. The first-order valence-corrected chi connectivity index (χ1v) is 7.89. The average molecular weight is 312 g/mol. The van der Waals surface area contributed by atoms with E-state index in [9.17, 15) is 9.18 Å². The molecular formula is C19H21FN2O. The van der Waals surface area contributed by atoms with E-state index in [1.807, 2.05) is 13.0 Å². The Morgan fingerprint density at radius 3 is 2.70 bits per heavy atom. The van der Waals surface area contributed by atoms with Crippen LogP contribution in [0.25, 0.3) is 6.08 Å². The molecule has 0 unspecified atom stereocenters. The highest BCUT2D eigenvalue weighted by Crippen LogP contribution is 2.38. The highest BCUT2D eigenvalue weighted by Gasteiger charge is 2.26. The van der Waals surface area contributed by atoms with Crippen LogP contribution in [0.2, 0.25) is 0 Å². The van der Waals surface area contributed by atoms with Crippen LogP contribution in [-0.4, -0.2) is 10.5 Å². The lowest BCUT2D eigenvalue weighted by Gasteiger charge is -2.07. The summed E-state index contributed by atoms with van der Waals surface area (Å²) in [4.78, 5) is 12.1. The van der Waals surface area contributed by atoms with Crippen molar-refractivity contribution >= 4 is 17.7 Å². The number of carbonyl (C=O) groups excluding carboxylic acids is 1. The maximum absolute atomic E-state index is 13.3. The molecule has 1 aliphatic carbocycles. The summed E-state index contributed by atoms with van der Waals surface area (Å²) in [5, 5.41) is 2.72. The van der Waals surface area contributed by atoms with Gasteiger partial charge in [0.1, 0.15) is 5.82 Å². The van der Waals surface area contributed by atoms with E-state index in [4.69, 9.17) is 0 Å². The van der Waals surface area contributed by atoms with E-state index in [1.165, 1.54) is 42.4 Å². The van der Waals surface area contributed by atoms with Crippen LogP contribution in [0.5, 0.6) is 0 Å². The number of carbonyl (C=O) groups is 1. The van der Waals surface area contributed by atoms with Gasteiger partial charge in [-0.1, -0.05) is 6.07 Å². The van der Waals surface area contributed by atoms with Crippen molar-refractivity contribution in [3.8, 4) is 0 Å². The quantitative estimate of drug-likeness (QED) is 0.826. The number of nitrogens with zero attached hydrogens (tertiary/aromatic N) is 1. The number of halogens is 1. The van der Waals surface area contributed by atoms with Crippen molar-refractivity contribution in [2.24, 2.45) is 0 Å². The predicted octanol–water partition coefficient (Wildman–Crippen LogP) is 4.54. The van der Waals surface area contributed by atoms with Crippen LogP contribution < -0.4 is 5.32 Å². The number of aryl methyl sites for hydroxylation is 2. The smallest absolute Gasteiger partial charge is 0.248 e. The summed E-state index contributed by atoms with van der Waals surface area (Å²) in [6, 6.07) is 7.09. The van der Waals surface area contributed by atoms with Crippen molar-refractivity contribution in [3.63, 3.8) is 0 Å². The molecular weight excluding hydrogens is 291 g/mol. The first kappa shape index (κ1) is 15.5. The summed E-state index contributed by atoms with van der Waals surface area (Å²) in [7, 11) is 0. The van der Waals surface area contributed by atoms with Crippen LogP contribution in [0, 0.1) is 26.6 Å². The van der Waals surface area contributed by atoms with Crippen LogP contribution in [0.15, 0.2) is 30.3 Å². The maximum atomic E-state index is 13.3. The Morgan fingerprint density at radius 2 is 2.00 bits per heavy atom. The van der Waals surface area contributed by atoms with Gasteiger partial charge in [0.25, 0.3) is 0 Å². The van der Waals surface area contributed by atoms with Gasteiger partial charge >= 0.3 is 0 Å². The third-order valence-corrected chi connectivity index (χ3v) is 4.31. The van der Waals surface area contributed by atoms with E-state index in [-0.39, 0.29) is 11.7 Å². The number of hydrogen-bond donors (Lipinski definition) is 1. The molecule has 1 amide bonds. The maximum Gasteiger partial charge on any atom is 0.248 e. The molecule has 1 heterocycles. The number of hydrogen-bond acceptors (Lipinski definition) is 1. The summed E-state index contributed by atoms with van der Waals surface area (Å²) in [6.07, 6.45) is 5.80. The molecule has 1 saturated carbocycles. The monoisotopic (exact) mass is 312 g/mol. The standard InChI is InChI=1S/C19H21FN2O/c1-12-4-6-16(20)11-18(12)21-19(23)9-5-15-10-13(2)22(14(15)3)17-7-8-17/h4-6,9-11,17H,7-8H2,1-3H3,(H,21,23)/b9-5+. The Balaban J connectivity index is 1.74. The lowest BCUT2D eigenvalue weighted by atomic mass is 10.2. The Morgan fingerprint density at radius 1 is 1.26 bits per heavy atom. The minimum absolute atomic E-state index is 0.255. The van der Waals surface area contributed by atoms with Gasteiger partial charge in [0.15, 0.2) is 0 Å².